The predicted molar refractivity (Wildman–Crippen MR) is 72.5 cm³/mol. The van der Waals surface area contributed by atoms with Crippen LogP contribution in [-0.2, 0) is 0 Å². The minimum Gasteiger partial charge on any atom is -0.371 e. The van der Waals surface area contributed by atoms with Crippen LogP contribution in [0.5, 0.6) is 0 Å². The second-order valence-electron chi connectivity index (χ2n) is 4.36. The Labute approximate surface area is 102 Å². The molecule has 1 aliphatic rings. The number of thioether (sulfide) groups is 1. The largest absolute Gasteiger partial charge is 0.371 e. The molecule has 2 rings (SSSR count). The molecule has 0 radical (unpaired) electrons. The highest BCUT2D eigenvalue weighted by Crippen LogP contribution is 2.25. The number of hydrogen-bond donors (Lipinski definition) is 1. The first-order valence-corrected chi connectivity index (χ1v) is 7.09. The maximum atomic E-state index is 3.27. The van der Waals surface area contributed by atoms with Crippen molar-refractivity contribution in [3.8, 4) is 0 Å². The summed E-state index contributed by atoms with van der Waals surface area (Å²) >= 11 is 1.80. The van der Waals surface area contributed by atoms with Gasteiger partial charge in [0.1, 0.15) is 0 Å². The second-order valence-corrected chi connectivity index (χ2v) is 5.24. The lowest BCUT2D eigenvalue weighted by Crippen LogP contribution is -2.24. The lowest BCUT2D eigenvalue weighted by molar-refractivity contribution is 0.549. The summed E-state index contributed by atoms with van der Waals surface area (Å²) in [5, 5.41) is 3.27. The van der Waals surface area contributed by atoms with E-state index in [9.17, 15) is 0 Å². The van der Waals surface area contributed by atoms with Crippen molar-refractivity contribution in [1.29, 1.82) is 0 Å². The number of nitrogens with zero attached hydrogens (tertiary/aromatic N) is 1. The molecule has 1 aromatic carbocycles. The van der Waals surface area contributed by atoms with E-state index in [0.717, 1.165) is 12.5 Å². The fourth-order valence-corrected chi connectivity index (χ4v) is 2.72. The first-order chi connectivity index (χ1) is 7.83. The van der Waals surface area contributed by atoms with E-state index >= 15 is 0 Å². The van der Waals surface area contributed by atoms with Gasteiger partial charge in [-0.1, -0.05) is 0 Å². The van der Waals surface area contributed by atoms with Crippen molar-refractivity contribution in [2.24, 2.45) is 5.92 Å². The van der Waals surface area contributed by atoms with E-state index in [2.05, 4.69) is 40.7 Å². The average Bonchev–Trinajstić information content (AvgIpc) is 2.78. The van der Waals surface area contributed by atoms with Gasteiger partial charge in [-0.2, -0.15) is 0 Å². The third-order valence-electron chi connectivity index (χ3n) is 3.22. The van der Waals surface area contributed by atoms with Crippen molar-refractivity contribution in [2.75, 3.05) is 37.8 Å². The van der Waals surface area contributed by atoms with E-state index in [-0.39, 0.29) is 0 Å². The summed E-state index contributed by atoms with van der Waals surface area (Å²) in [6.45, 7) is 3.53. The molecule has 1 heterocycles. The monoisotopic (exact) mass is 236 g/mol. The van der Waals surface area contributed by atoms with E-state index in [4.69, 9.17) is 0 Å². The van der Waals surface area contributed by atoms with Gasteiger partial charge in [-0.15, -0.1) is 11.8 Å². The van der Waals surface area contributed by atoms with Crippen molar-refractivity contribution in [2.45, 2.75) is 11.3 Å². The van der Waals surface area contributed by atoms with Crippen molar-refractivity contribution in [3.05, 3.63) is 24.3 Å². The van der Waals surface area contributed by atoms with Gasteiger partial charge in [-0.25, -0.2) is 0 Å². The Bertz CT molecular complexity index is 323. The quantitative estimate of drug-likeness (QED) is 0.809. The molecule has 1 atom stereocenters. The van der Waals surface area contributed by atoms with Crippen molar-refractivity contribution >= 4 is 17.4 Å². The van der Waals surface area contributed by atoms with Gasteiger partial charge in [0.05, 0.1) is 0 Å². The summed E-state index contributed by atoms with van der Waals surface area (Å²) < 4.78 is 0. The molecule has 1 fully saturated rings. The zero-order valence-electron chi connectivity index (χ0n) is 10.1. The maximum Gasteiger partial charge on any atom is 0.0367 e. The fourth-order valence-electron chi connectivity index (χ4n) is 2.32. The first kappa shape index (κ1) is 11.8. The minimum atomic E-state index is 0.810. The van der Waals surface area contributed by atoms with Crippen LogP contribution in [0, 0.1) is 5.92 Å². The van der Waals surface area contributed by atoms with Crippen LogP contribution in [-0.4, -0.2) is 32.9 Å². The highest BCUT2D eigenvalue weighted by molar-refractivity contribution is 7.98. The minimum absolute atomic E-state index is 0.810. The Morgan fingerprint density at radius 2 is 2.12 bits per heavy atom. The zero-order chi connectivity index (χ0) is 11.4. The van der Waals surface area contributed by atoms with E-state index in [1.807, 2.05) is 7.05 Å². The molecule has 16 heavy (non-hydrogen) atoms. The van der Waals surface area contributed by atoms with Gasteiger partial charge in [0, 0.05) is 23.7 Å². The Hall–Kier alpha value is -0.670. The number of rotatable bonds is 4. The van der Waals surface area contributed by atoms with Gasteiger partial charge in [-0.05, 0) is 56.5 Å². The summed E-state index contributed by atoms with van der Waals surface area (Å²) in [7, 11) is 2.04. The van der Waals surface area contributed by atoms with Crippen LogP contribution in [0.3, 0.4) is 0 Å². The summed E-state index contributed by atoms with van der Waals surface area (Å²) in [6, 6.07) is 8.91. The highest BCUT2D eigenvalue weighted by atomic mass is 32.2. The van der Waals surface area contributed by atoms with E-state index in [1.54, 1.807) is 11.8 Å². The molecule has 1 aliphatic heterocycles. The molecule has 1 N–H and O–H groups in total. The average molecular weight is 236 g/mol. The van der Waals surface area contributed by atoms with Gasteiger partial charge in [-0.3, -0.25) is 0 Å². The van der Waals surface area contributed by atoms with Crippen molar-refractivity contribution in [1.82, 2.24) is 5.32 Å². The third kappa shape index (κ3) is 2.71. The number of hydrogen-bond acceptors (Lipinski definition) is 3. The van der Waals surface area contributed by atoms with Crippen LogP contribution in [0.25, 0.3) is 0 Å². The lowest BCUT2D eigenvalue weighted by atomic mass is 10.1. The van der Waals surface area contributed by atoms with Gasteiger partial charge < -0.3 is 10.2 Å². The van der Waals surface area contributed by atoms with E-state index in [0.29, 0.717) is 0 Å². The van der Waals surface area contributed by atoms with Crippen LogP contribution < -0.4 is 10.2 Å². The topological polar surface area (TPSA) is 15.3 Å². The molecular formula is C13H20N2S. The Balaban J connectivity index is 1.97. The van der Waals surface area contributed by atoms with Gasteiger partial charge in [0.25, 0.3) is 0 Å². The van der Waals surface area contributed by atoms with Gasteiger partial charge in [0.2, 0.25) is 0 Å². The predicted octanol–water partition coefficient (Wildman–Crippen LogP) is 2.45. The van der Waals surface area contributed by atoms with Crippen LogP contribution in [0.1, 0.15) is 6.42 Å². The molecule has 0 amide bonds. The maximum absolute atomic E-state index is 3.27. The first-order valence-electron chi connectivity index (χ1n) is 5.87. The molecule has 0 bridgehead atoms. The van der Waals surface area contributed by atoms with E-state index in [1.165, 1.54) is 30.1 Å². The zero-order valence-corrected chi connectivity index (χ0v) is 10.9. The standard InChI is InChI=1S/C13H20N2S/c1-14-9-11-7-8-15(10-11)12-3-5-13(16-2)6-4-12/h3-6,11,14H,7-10H2,1-2H3. The van der Waals surface area contributed by atoms with Crippen LogP contribution in [0.2, 0.25) is 0 Å². The molecule has 0 saturated carbocycles. The Morgan fingerprint density at radius 3 is 2.75 bits per heavy atom. The number of benzene rings is 1. The summed E-state index contributed by atoms with van der Waals surface area (Å²) in [6.07, 6.45) is 3.43. The fraction of sp³-hybridized carbons (Fsp3) is 0.538. The van der Waals surface area contributed by atoms with Crippen LogP contribution >= 0.6 is 11.8 Å². The normalized spacial score (nSPS) is 20.4. The number of anilines is 1. The van der Waals surface area contributed by atoms with Gasteiger partial charge in [0.15, 0.2) is 0 Å². The van der Waals surface area contributed by atoms with Crippen LogP contribution in [0.4, 0.5) is 5.69 Å². The molecule has 0 spiro atoms. The molecule has 1 saturated heterocycles. The SMILES string of the molecule is CNCC1CCN(c2ccc(SC)cc2)C1. The lowest BCUT2D eigenvalue weighted by Gasteiger charge is -2.18. The van der Waals surface area contributed by atoms with Crippen molar-refractivity contribution in [3.63, 3.8) is 0 Å². The van der Waals surface area contributed by atoms with Gasteiger partial charge >= 0.3 is 0 Å². The van der Waals surface area contributed by atoms with Crippen LogP contribution in [0.15, 0.2) is 29.2 Å². The Kier molecular flexibility index (Phi) is 4.13. The molecule has 1 aromatic rings. The molecule has 3 heteroatoms. The summed E-state index contributed by atoms with van der Waals surface area (Å²) in [5.74, 6) is 0.810. The summed E-state index contributed by atoms with van der Waals surface area (Å²) in [4.78, 5) is 3.83. The third-order valence-corrected chi connectivity index (χ3v) is 3.96. The smallest absolute Gasteiger partial charge is 0.0367 e. The molecule has 0 aromatic heterocycles. The molecule has 2 nitrogen and oxygen atoms in total. The Morgan fingerprint density at radius 1 is 1.38 bits per heavy atom. The molecule has 1 unspecified atom stereocenters. The molecular weight excluding hydrogens is 216 g/mol. The van der Waals surface area contributed by atoms with E-state index < -0.39 is 0 Å². The van der Waals surface area contributed by atoms with Crippen molar-refractivity contribution < 1.29 is 0 Å². The summed E-state index contributed by atoms with van der Waals surface area (Å²) in [5.41, 5.74) is 1.37. The molecule has 0 aliphatic carbocycles. The highest BCUT2D eigenvalue weighted by Gasteiger charge is 2.21. The molecule has 88 valence electrons. The second kappa shape index (κ2) is 5.60. The number of nitrogens with one attached hydrogen (secondary N) is 1.